The molecule has 0 saturated carbocycles. The minimum Gasteiger partial charge on any atom is -0.495 e. The zero-order chi connectivity index (χ0) is 21.1. The molecule has 4 rings (SSSR count). The number of hydrogen-bond acceptors (Lipinski definition) is 8. The Morgan fingerprint density at radius 3 is 2.63 bits per heavy atom. The zero-order valence-electron chi connectivity index (χ0n) is 15.8. The molecule has 11 heteroatoms. The van der Waals surface area contributed by atoms with Gasteiger partial charge in [-0.05, 0) is 24.3 Å². The molecule has 0 bridgehead atoms. The smallest absolute Gasteiger partial charge is 0.321 e. The number of nitrogen functional groups attached to an aromatic ring is 1. The number of thioether (sulfide) groups is 1. The van der Waals surface area contributed by atoms with Gasteiger partial charge in [-0.25, -0.2) is 4.98 Å². The third-order valence-corrected chi connectivity index (χ3v) is 5.09. The van der Waals surface area contributed by atoms with Gasteiger partial charge in [0.05, 0.1) is 29.6 Å². The van der Waals surface area contributed by atoms with E-state index in [9.17, 15) is 8.78 Å². The molecule has 0 aliphatic rings. The zero-order valence-corrected chi connectivity index (χ0v) is 16.6. The molecule has 0 radical (unpaired) electrons. The van der Waals surface area contributed by atoms with Gasteiger partial charge in [0.2, 0.25) is 11.9 Å². The third kappa shape index (κ3) is 4.10. The summed E-state index contributed by atoms with van der Waals surface area (Å²) in [7, 11) is 1.56. The molecule has 0 spiro atoms. The molecule has 0 saturated heterocycles. The number of nitrogens with zero attached hydrogens (tertiary/aromatic N) is 5. The van der Waals surface area contributed by atoms with E-state index < -0.39 is 6.55 Å². The fourth-order valence-electron chi connectivity index (χ4n) is 2.87. The molecule has 2 aromatic heterocycles. The Morgan fingerprint density at radius 2 is 1.83 bits per heavy atom. The summed E-state index contributed by atoms with van der Waals surface area (Å²) in [5.41, 5.74) is 7.32. The van der Waals surface area contributed by atoms with Crippen molar-refractivity contribution in [2.75, 3.05) is 18.2 Å². The summed E-state index contributed by atoms with van der Waals surface area (Å²) in [6.45, 7) is -2.72. The van der Waals surface area contributed by atoms with Crippen LogP contribution in [0.2, 0.25) is 0 Å². The molecule has 30 heavy (non-hydrogen) atoms. The number of methoxy groups -OCH3 is 1. The van der Waals surface area contributed by atoms with E-state index in [0.29, 0.717) is 28.3 Å². The minimum absolute atomic E-state index is 0.0142. The molecule has 0 unspecified atom stereocenters. The van der Waals surface area contributed by atoms with Crippen LogP contribution in [0.15, 0.2) is 53.7 Å². The lowest BCUT2D eigenvalue weighted by Gasteiger charge is -2.11. The number of hydrogen-bond donors (Lipinski definition) is 2. The number of halogens is 2. The second-order valence-corrected chi connectivity index (χ2v) is 7.02. The van der Waals surface area contributed by atoms with Crippen LogP contribution in [0.1, 0.15) is 12.4 Å². The average molecular weight is 429 g/mol. The van der Waals surface area contributed by atoms with Crippen LogP contribution in [0.5, 0.6) is 5.75 Å². The van der Waals surface area contributed by atoms with E-state index >= 15 is 0 Å². The second kappa shape index (κ2) is 8.49. The molecule has 0 atom stereocenters. The third-order valence-electron chi connectivity index (χ3n) is 4.14. The molecule has 2 heterocycles. The van der Waals surface area contributed by atoms with Gasteiger partial charge < -0.3 is 15.8 Å². The normalized spacial score (nSPS) is 11.2. The van der Waals surface area contributed by atoms with Crippen molar-refractivity contribution in [1.82, 2.24) is 24.5 Å². The van der Waals surface area contributed by atoms with E-state index in [1.165, 1.54) is 0 Å². The van der Waals surface area contributed by atoms with Crippen molar-refractivity contribution in [2.24, 2.45) is 0 Å². The van der Waals surface area contributed by atoms with Crippen molar-refractivity contribution < 1.29 is 13.5 Å². The SMILES string of the molecule is COc1ccccc1Nc1nc(N)nc(CSc2nc3ccccc3n2C(F)F)n1. The number of benzene rings is 2. The number of aromatic nitrogens is 5. The number of fused-ring (bicyclic) bond motifs is 1. The van der Waals surface area contributed by atoms with Gasteiger partial charge in [-0.3, -0.25) is 4.57 Å². The lowest BCUT2D eigenvalue weighted by molar-refractivity contribution is 0.0656. The first-order valence-corrected chi connectivity index (χ1v) is 9.82. The van der Waals surface area contributed by atoms with Crippen molar-refractivity contribution >= 4 is 40.4 Å². The van der Waals surface area contributed by atoms with Crippen molar-refractivity contribution in [3.63, 3.8) is 0 Å². The van der Waals surface area contributed by atoms with Crippen molar-refractivity contribution in [3.8, 4) is 5.75 Å². The largest absolute Gasteiger partial charge is 0.495 e. The summed E-state index contributed by atoms with van der Waals surface area (Å²) in [4.78, 5) is 16.8. The van der Waals surface area contributed by atoms with Crippen LogP contribution >= 0.6 is 11.8 Å². The van der Waals surface area contributed by atoms with E-state index in [4.69, 9.17) is 10.5 Å². The van der Waals surface area contributed by atoms with Crippen molar-refractivity contribution in [2.45, 2.75) is 17.5 Å². The van der Waals surface area contributed by atoms with Gasteiger partial charge in [-0.2, -0.15) is 23.7 Å². The van der Waals surface area contributed by atoms with Crippen LogP contribution in [0.4, 0.5) is 26.4 Å². The molecule has 8 nitrogen and oxygen atoms in total. The maximum atomic E-state index is 13.6. The van der Waals surface area contributed by atoms with E-state index in [1.54, 1.807) is 43.5 Å². The van der Waals surface area contributed by atoms with Crippen LogP contribution < -0.4 is 15.8 Å². The lowest BCUT2D eigenvalue weighted by Crippen LogP contribution is -2.07. The predicted molar refractivity (Wildman–Crippen MR) is 111 cm³/mol. The number of nitrogens with two attached hydrogens (primary N) is 1. The number of nitrogens with one attached hydrogen (secondary N) is 1. The summed E-state index contributed by atoms with van der Waals surface area (Å²) in [5, 5.41) is 3.21. The predicted octanol–water partition coefficient (Wildman–Crippen LogP) is 4.24. The standard InChI is InChI=1S/C19H17F2N7OS/c1-29-14-9-5-3-7-12(14)23-18-26-15(25-17(22)27-18)10-30-19-24-11-6-2-4-8-13(11)28(19)16(20)21/h2-9,16H,10H2,1H3,(H3,22,23,25,26,27). The van der Waals surface area contributed by atoms with Gasteiger partial charge in [0.15, 0.2) is 5.16 Å². The fourth-order valence-corrected chi connectivity index (χ4v) is 3.74. The number of anilines is 3. The Kier molecular flexibility index (Phi) is 5.61. The van der Waals surface area contributed by atoms with Gasteiger partial charge in [0.25, 0.3) is 0 Å². The highest BCUT2D eigenvalue weighted by molar-refractivity contribution is 7.98. The summed E-state index contributed by atoms with van der Waals surface area (Å²) < 4.78 is 33.4. The summed E-state index contributed by atoms with van der Waals surface area (Å²) in [6, 6.07) is 14.0. The molecule has 4 aromatic rings. The molecule has 0 amide bonds. The lowest BCUT2D eigenvalue weighted by atomic mass is 10.3. The maximum Gasteiger partial charge on any atom is 0.321 e. The minimum atomic E-state index is -2.72. The molecule has 0 aliphatic carbocycles. The Bertz CT molecular complexity index is 1180. The topological polar surface area (TPSA) is 104 Å². The van der Waals surface area contributed by atoms with Crippen LogP contribution in [-0.2, 0) is 5.75 Å². The van der Waals surface area contributed by atoms with E-state index in [-0.39, 0.29) is 22.8 Å². The van der Waals surface area contributed by atoms with Gasteiger partial charge in [-0.15, -0.1) is 0 Å². The van der Waals surface area contributed by atoms with Crippen LogP contribution in [0.3, 0.4) is 0 Å². The van der Waals surface area contributed by atoms with Gasteiger partial charge in [0.1, 0.15) is 11.6 Å². The number of ether oxygens (including phenoxy) is 1. The first-order valence-electron chi connectivity index (χ1n) is 8.83. The van der Waals surface area contributed by atoms with E-state index in [2.05, 4.69) is 25.3 Å². The number of para-hydroxylation sites is 4. The Morgan fingerprint density at radius 1 is 1.07 bits per heavy atom. The second-order valence-electron chi connectivity index (χ2n) is 6.08. The van der Waals surface area contributed by atoms with Crippen molar-refractivity contribution in [1.29, 1.82) is 0 Å². The number of rotatable bonds is 7. The van der Waals surface area contributed by atoms with Crippen LogP contribution in [-0.4, -0.2) is 31.6 Å². The highest BCUT2D eigenvalue weighted by Gasteiger charge is 2.18. The maximum absolute atomic E-state index is 13.6. The van der Waals surface area contributed by atoms with Gasteiger partial charge >= 0.3 is 6.55 Å². The molecule has 0 aliphatic heterocycles. The fraction of sp³-hybridized carbons (Fsp3) is 0.158. The summed E-state index contributed by atoms with van der Waals surface area (Å²) in [6.07, 6.45) is 0. The summed E-state index contributed by atoms with van der Waals surface area (Å²) in [5.74, 6) is 1.37. The quantitative estimate of drug-likeness (QED) is 0.421. The molecule has 0 fully saturated rings. The van der Waals surface area contributed by atoms with Gasteiger partial charge in [0, 0.05) is 0 Å². The van der Waals surface area contributed by atoms with Crippen LogP contribution in [0, 0.1) is 0 Å². The molecular weight excluding hydrogens is 412 g/mol. The van der Waals surface area contributed by atoms with E-state index in [1.807, 2.05) is 12.1 Å². The first-order chi connectivity index (χ1) is 14.5. The average Bonchev–Trinajstić information content (AvgIpc) is 3.11. The van der Waals surface area contributed by atoms with E-state index in [0.717, 1.165) is 16.3 Å². The van der Waals surface area contributed by atoms with Crippen molar-refractivity contribution in [3.05, 3.63) is 54.4 Å². The number of imidazole rings is 1. The molecule has 2 aromatic carbocycles. The Hall–Kier alpha value is -3.47. The Balaban J connectivity index is 1.58. The molecule has 3 N–H and O–H groups in total. The van der Waals surface area contributed by atoms with Crippen LogP contribution in [0.25, 0.3) is 11.0 Å². The monoisotopic (exact) mass is 429 g/mol. The number of alkyl halides is 2. The van der Waals surface area contributed by atoms with Gasteiger partial charge in [-0.1, -0.05) is 36.0 Å². The molecule has 154 valence electrons. The summed E-state index contributed by atoms with van der Waals surface area (Å²) >= 11 is 1.10. The highest BCUT2D eigenvalue weighted by Crippen LogP contribution is 2.31. The Labute approximate surface area is 174 Å². The highest BCUT2D eigenvalue weighted by atomic mass is 32.2. The molecular formula is C19H17F2N7OS. The first kappa shape index (κ1) is 19.8.